The van der Waals surface area contributed by atoms with Crippen LogP contribution in [-0.2, 0) is 9.53 Å². The minimum Gasteiger partial charge on any atom is -0.381 e. The molecular formula is C14H26N2O2. The maximum atomic E-state index is 12.0. The van der Waals surface area contributed by atoms with Gasteiger partial charge in [-0.3, -0.25) is 4.79 Å². The number of rotatable bonds is 8. The van der Waals surface area contributed by atoms with E-state index in [1.54, 1.807) is 0 Å². The lowest BCUT2D eigenvalue weighted by Gasteiger charge is -2.21. The van der Waals surface area contributed by atoms with Crippen molar-refractivity contribution in [1.82, 2.24) is 10.2 Å². The van der Waals surface area contributed by atoms with E-state index in [1.165, 1.54) is 12.8 Å². The first-order valence-electron chi connectivity index (χ1n) is 7.37. The van der Waals surface area contributed by atoms with Crippen molar-refractivity contribution in [2.45, 2.75) is 45.1 Å². The second kappa shape index (κ2) is 7.10. The Balaban J connectivity index is 1.47. The van der Waals surface area contributed by atoms with Crippen LogP contribution >= 0.6 is 0 Å². The highest BCUT2D eigenvalue weighted by atomic mass is 16.5. The largest absolute Gasteiger partial charge is 0.381 e. The number of likely N-dealkylation sites (tertiary alicyclic amines) is 1. The number of carbonyl (C=O) groups is 1. The highest BCUT2D eigenvalue weighted by molar-refractivity contribution is 5.81. The molecule has 4 nitrogen and oxygen atoms in total. The number of amides is 1. The first-order chi connectivity index (χ1) is 8.77. The van der Waals surface area contributed by atoms with Crippen LogP contribution < -0.4 is 5.32 Å². The van der Waals surface area contributed by atoms with Gasteiger partial charge in [0.05, 0.1) is 6.04 Å². The number of nitrogens with one attached hydrogen (secondary N) is 1. The summed E-state index contributed by atoms with van der Waals surface area (Å²) in [5.41, 5.74) is 0. The van der Waals surface area contributed by atoms with Crippen LogP contribution in [0, 0.1) is 5.92 Å². The summed E-state index contributed by atoms with van der Waals surface area (Å²) in [5, 5.41) is 3.29. The average Bonchev–Trinajstić information content (AvgIpc) is 3.04. The molecule has 18 heavy (non-hydrogen) atoms. The molecule has 1 N–H and O–H groups in total. The van der Waals surface area contributed by atoms with Crippen molar-refractivity contribution in [3.8, 4) is 0 Å². The van der Waals surface area contributed by atoms with Gasteiger partial charge in [0.25, 0.3) is 0 Å². The zero-order valence-electron chi connectivity index (χ0n) is 11.5. The molecule has 2 aliphatic rings. The number of nitrogens with zero attached hydrogens (tertiary/aromatic N) is 1. The summed E-state index contributed by atoms with van der Waals surface area (Å²) < 4.78 is 5.56. The molecule has 0 radical (unpaired) electrons. The summed E-state index contributed by atoms with van der Waals surface area (Å²) in [6, 6.07) is -0.0495. The molecular weight excluding hydrogens is 228 g/mol. The molecule has 1 aliphatic heterocycles. The van der Waals surface area contributed by atoms with Gasteiger partial charge in [-0.25, -0.2) is 0 Å². The number of carbonyl (C=O) groups excluding carboxylic acids is 1. The molecule has 1 aliphatic carbocycles. The molecule has 1 atom stereocenters. The summed E-state index contributed by atoms with van der Waals surface area (Å²) in [5.74, 6) is 1.10. The molecule has 1 heterocycles. The van der Waals surface area contributed by atoms with E-state index >= 15 is 0 Å². The molecule has 0 bridgehead atoms. The second-order valence-corrected chi connectivity index (χ2v) is 5.58. The van der Waals surface area contributed by atoms with Gasteiger partial charge < -0.3 is 15.0 Å². The third-order valence-corrected chi connectivity index (χ3v) is 3.75. The quantitative estimate of drug-likeness (QED) is 0.666. The number of hydrogen-bond acceptors (Lipinski definition) is 3. The van der Waals surface area contributed by atoms with Crippen molar-refractivity contribution in [3.63, 3.8) is 0 Å². The topological polar surface area (TPSA) is 41.6 Å². The van der Waals surface area contributed by atoms with Gasteiger partial charge in [0, 0.05) is 26.3 Å². The summed E-state index contributed by atoms with van der Waals surface area (Å²) in [7, 11) is 0. The van der Waals surface area contributed by atoms with E-state index < -0.39 is 0 Å². The predicted octanol–water partition coefficient (Wildman–Crippen LogP) is 1.40. The van der Waals surface area contributed by atoms with Gasteiger partial charge in [0.1, 0.15) is 0 Å². The molecule has 4 heteroatoms. The van der Waals surface area contributed by atoms with Gasteiger partial charge in [0.2, 0.25) is 5.91 Å². The summed E-state index contributed by atoms with van der Waals surface area (Å²) in [4.78, 5) is 14.0. The smallest absolute Gasteiger partial charge is 0.239 e. The maximum Gasteiger partial charge on any atom is 0.239 e. The SMILES string of the molecule is CC(NCCCOCC1CC1)C(=O)N1CCCC1. The Morgan fingerprint density at radius 1 is 1.39 bits per heavy atom. The van der Waals surface area contributed by atoms with Crippen molar-refractivity contribution in [3.05, 3.63) is 0 Å². The number of ether oxygens (including phenoxy) is 1. The lowest BCUT2D eigenvalue weighted by atomic mass is 10.3. The summed E-state index contributed by atoms with van der Waals surface area (Å²) >= 11 is 0. The zero-order valence-corrected chi connectivity index (χ0v) is 11.5. The molecule has 1 unspecified atom stereocenters. The van der Waals surface area contributed by atoms with Crippen LogP contribution in [0.25, 0.3) is 0 Å². The highest BCUT2D eigenvalue weighted by Gasteiger charge is 2.22. The van der Waals surface area contributed by atoms with E-state index in [-0.39, 0.29) is 11.9 Å². The molecule has 0 spiro atoms. The van der Waals surface area contributed by atoms with Gasteiger partial charge >= 0.3 is 0 Å². The Bertz CT molecular complexity index is 261. The van der Waals surface area contributed by atoms with Crippen molar-refractivity contribution in [1.29, 1.82) is 0 Å². The molecule has 1 amide bonds. The Morgan fingerprint density at radius 2 is 2.11 bits per heavy atom. The summed E-state index contributed by atoms with van der Waals surface area (Å²) in [6.07, 6.45) is 6.00. The Kier molecular flexibility index (Phi) is 5.45. The van der Waals surface area contributed by atoms with Gasteiger partial charge in [-0.1, -0.05) is 0 Å². The van der Waals surface area contributed by atoms with Gasteiger partial charge in [0.15, 0.2) is 0 Å². The van der Waals surface area contributed by atoms with E-state index in [9.17, 15) is 4.79 Å². The Morgan fingerprint density at radius 3 is 2.78 bits per heavy atom. The minimum atomic E-state index is -0.0495. The van der Waals surface area contributed by atoms with Crippen molar-refractivity contribution >= 4 is 5.91 Å². The van der Waals surface area contributed by atoms with Crippen LogP contribution in [0.2, 0.25) is 0 Å². The van der Waals surface area contributed by atoms with E-state index in [2.05, 4.69) is 5.32 Å². The lowest BCUT2D eigenvalue weighted by Crippen LogP contribution is -2.44. The van der Waals surface area contributed by atoms with Crippen LogP contribution in [0.15, 0.2) is 0 Å². The van der Waals surface area contributed by atoms with Crippen molar-refractivity contribution in [2.75, 3.05) is 32.8 Å². The minimum absolute atomic E-state index is 0.0495. The molecule has 1 saturated heterocycles. The molecule has 104 valence electrons. The first-order valence-corrected chi connectivity index (χ1v) is 7.37. The van der Waals surface area contributed by atoms with Crippen molar-refractivity contribution in [2.24, 2.45) is 5.92 Å². The Labute approximate surface area is 110 Å². The fourth-order valence-electron chi connectivity index (χ4n) is 2.33. The third-order valence-electron chi connectivity index (χ3n) is 3.75. The molecule has 0 aromatic heterocycles. The lowest BCUT2D eigenvalue weighted by molar-refractivity contribution is -0.131. The molecule has 2 rings (SSSR count). The van der Waals surface area contributed by atoms with Crippen LogP contribution in [0.4, 0.5) is 0 Å². The van der Waals surface area contributed by atoms with Gasteiger partial charge in [-0.2, -0.15) is 0 Å². The normalized spacial score (nSPS) is 21.3. The molecule has 2 fully saturated rings. The van der Waals surface area contributed by atoms with Crippen LogP contribution in [0.1, 0.15) is 39.0 Å². The van der Waals surface area contributed by atoms with E-state index in [4.69, 9.17) is 4.74 Å². The zero-order chi connectivity index (χ0) is 12.8. The van der Waals surface area contributed by atoms with E-state index in [0.717, 1.165) is 58.0 Å². The van der Waals surface area contributed by atoms with Gasteiger partial charge in [-0.15, -0.1) is 0 Å². The fraction of sp³-hybridized carbons (Fsp3) is 0.929. The summed E-state index contributed by atoms with van der Waals surface area (Å²) in [6.45, 7) is 6.46. The monoisotopic (exact) mass is 254 g/mol. The third kappa shape index (κ3) is 4.58. The predicted molar refractivity (Wildman–Crippen MR) is 71.4 cm³/mol. The van der Waals surface area contributed by atoms with Crippen LogP contribution in [-0.4, -0.2) is 49.7 Å². The fourth-order valence-corrected chi connectivity index (χ4v) is 2.33. The van der Waals surface area contributed by atoms with Crippen LogP contribution in [0.5, 0.6) is 0 Å². The molecule has 1 saturated carbocycles. The van der Waals surface area contributed by atoms with Gasteiger partial charge in [-0.05, 0) is 51.5 Å². The van der Waals surface area contributed by atoms with E-state index in [0.29, 0.717) is 0 Å². The first kappa shape index (κ1) is 13.8. The van der Waals surface area contributed by atoms with Crippen molar-refractivity contribution < 1.29 is 9.53 Å². The molecule has 0 aromatic carbocycles. The second-order valence-electron chi connectivity index (χ2n) is 5.58. The highest BCUT2D eigenvalue weighted by Crippen LogP contribution is 2.28. The molecule has 0 aromatic rings. The van der Waals surface area contributed by atoms with E-state index in [1.807, 2.05) is 11.8 Å². The maximum absolute atomic E-state index is 12.0. The average molecular weight is 254 g/mol. The Hall–Kier alpha value is -0.610. The van der Waals surface area contributed by atoms with Crippen LogP contribution in [0.3, 0.4) is 0 Å². The standard InChI is InChI=1S/C14H26N2O2/c1-12(14(17)16-8-2-3-9-16)15-7-4-10-18-11-13-5-6-13/h12-13,15H,2-11H2,1H3. The number of hydrogen-bond donors (Lipinski definition) is 1.